The topological polar surface area (TPSA) is 49.3 Å². The molecule has 88 valence electrons. The van der Waals surface area contributed by atoms with Gasteiger partial charge in [-0.2, -0.15) is 0 Å². The van der Waals surface area contributed by atoms with Crippen LogP contribution in [0, 0.1) is 0 Å². The molecular formula is C11H7BrClNO2S. The Balaban J connectivity index is 2.24. The third-order valence-electron chi connectivity index (χ3n) is 2.07. The third-order valence-corrected chi connectivity index (χ3v) is 3.99. The van der Waals surface area contributed by atoms with E-state index in [9.17, 15) is 9.90 Å². The zero-order valence-electron chi connectivity index (χ0n) is 8.41. The fourth-order valence-corrected chi connectivity index (χ4v) is 2.67. The van der Waals surface area contributed by atoms with Crippen LogP contribution >= 0.6 is 38.9 Å². The summed E-state index contributed by atoms with van der Waals surface area (Å²) in [5, 5.41) is 14.4. The van der Waals surface area contributed by atoms with E-state index in [2.05, 4.69) is 21.2 Å². The van der Waals surface area contributed by atoms with E-state index in [-0.39, 0.29) is 11.7 Å². The van der Waals surface area contributed by atoms with Crippen molar-refractivity contribution in [3.05, 3.63) is 44.0 Å². The van der Waals surface area contributed by atoms with Crippen molar-refractivity contribution in [2.24, 2.45) is 0 Å². The van der Waals surface area contributed by atoms with Crippen molar-refractivity contribution in [1.29, 1.82) is 0 Å². The number of hydrogen-bond donors (Lipinski definition) is 2. The van der Waals surface area contributed by atoms with Gasteiger partial charge in [0.05, 0.1) is 15.0 Å². The first-order valence-corrected chi connectivity index (χ1v) is 6.66. The van der Waals surface area contributed by atoms with Crippen LogP contribution in [0.15, 0.2) is 33.4 Å². The van der Waals surface area contributed by atoms with Gasteiger partial charge in [0.15, 0.2) is 0 Å². The predicted octanol–water partition coefficient (Wildman–Crippen LogP) is 4.12. The quantitative estimate of drug-likeness (QED) is 0.813. The van der Waals surface area contributed by atoms with Gasteiger partial charge in [0.2, 0.25) is 0 Å². The van der Waals surface area contributed by atoms with Gasteiger partial charge >= 0.3 is 0 Å². The molecule has 0 aliphatic carbocycles. The average molecular weight is 333 g/mol. The number of rotatable bonds is 2. The van der Waals surface area contributed by atoms with E-state index in [0.29, 0.717) is 16.3 Å². The molecule has 0 aliphatic rings. The minimum Gasteiger partial charge on any atom is -0.506 e. The largest absolute Gasteiger partial charge is 0.506 e. The minimum atomic E-state index is -0.296. The number of phenolic OH excluding ortho intramolecular Hbond substituents is 1. The number of aromatic hydroxyl groups is 1. The monoisotopic (exact) mass is 331 g/mol. The van der Waals surface area contributed by atoms with Crippen LogP contribution in [-0.4, -0.2) is 11.0 Å². The number of carbonyl (C=O) groups is 1. The highest BCUT2D eigenvalue weighted by atomic mass is 79.9. The van der Waals surface area contributed by atoms with Gasteiger partial charge in [0.25, 0.3) is 5.91 Å². The lowest BCUT2D eigenvalue weighted by atomic mass is 10.2. The summed E-state index contributed by atoms with van der Waals surface area (Å²) in [5.41, 5.74) is 0.815. The second kappa shape index (κ2) is 5.08. The van der Waals surface area contributed by atoms with Gasteiger partial charge < -0.3 is 10.4 Å². The number of nitrogens with one attached hydrogen (secondary N) is 1. The summed E-state index contributed by atoms with van der Waals surface area (Å²) in [6.45, 7) is 0. The summed E-state index contributed by atoms with van der Waals surface area (Å²) in [4.78, 5) is 11.9. The van der Waals surface area contributed by atoms with Gasteiger partial charge in [0, 0.05) is 5.02 Å². The summed E-state index contributed by atoms with van der Waals surface area (Å²) in [6, 6.07) is 6.18. The van der Waals surface area contributed by atoms with Crippen molar-refractivity contribution in [3.8, 4) is 5.75 Å². The normalized spacial score (nSPS) is 10.2. The molecule has 1 amide bonds. The van der Waals surface area contributed by atoms with Crippen molar-refractivity contribution < 1.29 is 9.90 Å². The summed E-state index contributed by atoms with van der Waals surface area (Å²) >= 11 is 10.5. The molecule has 17 heavy (non-hydrogen) atoms. The third kappa shape index (κ3) is 2.80. The summed E-state index contributed by atoms with van der Waals surface area (Å²) in [5.74, 6) is -0.315. The number of hydrogen-bond acceptors (Lipinski definition) is 3. The van der Waals surface area contributed by atoms with E-state index in [4.69, 9.17) is 11.6 Å². The zero-order valence-corrected chi connectivity index (χ0v) is 11.6. The van der Waals surface area contributed by atoms with Crippen molar-refractivity contribution >= 4 is 50.5 Å². The number of halogens is 2. The second-order valence-corrected chi connectivity index (χ2v) is 5.89. The van der Waals surface area contributed by atoms with E-state index < -0.39 is 0 Å². The van der Waals surface area contributed by atoms with Crippen molar-refractivity contribution in [1.82, 2.24) is 0 Å². The predicted molar refractivity (Wildman–Crippen MR) is 73.1 cm³/mol. The molecule has 0 fully saturated rings. The highest BCUT2D eigenvalue weighted by molar-refractivity contribution is 9.11. The molecule has 0 unspecified atom stereocenters. The van der Waals surface area contributed by atoms with E-state index in [0.717, 1.165) is 3.79 Å². The van der Waals surface area contributed by atoms with E-state index >= 15 is 0 Å². The Morgan fingerprint density at radius 3 is 2.82 bits per heavy atom. The second-order valence-electron chi connectivity index (χ2n) is 3.22. The Bertz CT molecular complexity index is 570. The molecule has 2 aromatic rings. The lowest BCUT2D eigenvalue weighted by Gasteiger charge is -2.07. The van der Waals surface area contributed by atoms with Crippen LogP contribution in [0.25, 0.3) is 0 Å². The first-order valence-electron chi connectivity index (χ1n) is 4.61. The molecule has 0 saturated heterocycles. The number of benzene rings is 1. The van der Waals surface area contributed by atoms with Crippen molar-refractivity contribution in [2.45, 2.75) is 0 Å². The molecule has 1 aromatic heterocycles. The molecule has 0 bridgehead atoms. The first kappa shape index (κ1) is 12.4. The van der Waals surface area contributed by atoms with Gasteiger partial charge in [-0.1, -0.05) is 11.6 Å². The SMILES string of the molecule is O=C(Nc1cc(Cl)ccc1O)c1ccsc1Br. The number of thiophene rings is 1. The molecule has 0 aliphatic heterocycles. The van der Waals surface area contributed by atoms with E-state index in [1.165, 1.54) is 23.5 Å². The maximum absolute atomic E-state index is 11.9. The van der Waals surface area contributed by atoms with Crippen LogP contribution in [-0.2, 0) is 0 Å². The highest BCUT2D eigenvalue weighted by Gasteiger charge is 2.13. The Kier molecular flexibility index (Phi) is 3.71. The summed E-state index contributed by atoms with van der Waals surface area (Å²) in [6.07, 6.45) is 0. The fraction of sp³-hybridized carbons (Fsp3) is 0. The van der Waals surface area contributed by atoms with E-state index in [1.54, 1.807) is 17.5 Å². The summed E-state index contributed by atoms with van der Waals surface area (Å²) in [7, 11) is 0. The maximum Gasteiger partial charge on any atom is 0.257 e. The number of anilines is 1. The first-order chi connectivity index (χ1) is 8.08. The van der Waals surface area contributed by atoms with Crippen LogP contribution in [0.4, 0.5) is 5.69 Å². The van der Waals surface area contributed by atoms with Crippen LogP contribution in [0.2, 0.25) is 5.02 Å². The van der Waals surface area contributed by atoms with Gasteiger partial charge in [-0.3, -0.25) is 4.79 Å². The molecule has 2 rings (SSSR count). The number of phenols is 1. The van der Waals surface area contributed by atoms with E-state index in [1.807, 2.05) is 0 Å². The lowest BCUT2D eigenvalue weighted by molar-refractivity contribution is 0.102. The van der Waals surface area contributed by atoms with Crippen LogP contribution in [0.1, 0.15) is 10.4 Å². The molecule has 1 heterocycles. The molecule has 0 radical (unpaired) electrons. The standard InChI is InChI=1S/C11H7BrClNO2S/c12-10-7(3-4-17-10)11(16)14-8-5-6(13)1-2-9(8)15/h1-5,15H,(H,14,16). The smallest absolute Gasteiger partial charge is 0.257 e. The Morgan fingerprint density at radius 1 is 1.41 bits per heavy atom. The van der Waals surface area contributed by atoms with Crippen LogP contribution in [0.3, 0.4) is 0 Å². The molecule has 0 spiro atoms. The molecule has 0 atom stereocenters. The minimum absolute atomic E-state index is 0.0193. The zero-order chi connectivity index (χ0) is 12.4. The molecule has 3 nitrogen and oxygen atoms in total. The molecule has 0 saturated carbocycles. The van der Waals surface area contributed by atoms with Gasteiger partial charge in [-0.05, 0) is 45.6 Å². The Morgan fingerprint density at radius 2 is 2.18 bits per heavy atom. The van der Waals surface area contributed by atoms with Crippen molar-refractivity contribution in [2.75, 3.05) is 5.32 Å². The van der Waals surface area contributed by atoms with Gasteiger partial charge in [-0.15, -0.1) is 11.3 Å². The van der Waals surface area contributed by atoms with Crippen LogP contribution in [0.5, 0.6) is 5.75 Å². The van der Waals surface area contributed by atoms with Gasteiger partial charge in [-0.25, -0.2) is 0 Å². The Labute approximate surface area is 115 Å². The van der Waals surface area contributed by atoms with Crippen molar-refractivity contribution in [3.63, 3.8) is 0 Å². The summed E-state index contributed by atoms with van der Waals surface area (Å²) < 4.78 is 0.747. The Hall–Kier alpha value is -1.04. The molecular weight excluding hydrogens is 326 g/mol. The number of carbonyl (C=O) groups excluding carboxylic acids is 1. The highest BCUT2D eigenvalue weighted by Crippen LogP contribution is 2.29. The molecule has 1 aromatic carbocycles. The fourth-order valence-electron chi connectivity index (χ4n) is 1.25. The lowest BCUT2D eigenvalue weighted by Crippen LogP contribution is -2.11. The van der Waals surface area contributed by atoms with Crippen LogP contribution < -0.4 is 5.32 Å². The maximum atomic E-state index is 11.9. The average Bonchev–Trinajstić information content (AvgIpc) is 2.70. The van der Waals surface area contributed by atoms with Gasteiger partial charge in [0.1, 0.15) is 5.75 Å². The molecule has 2 N–H and O–H groups in total. The molecule has 6 heteroatoms. The number of amides is 1.